The molecule has 1 fully saturated rings. The lowest BCUT2D eigenvalue weighted by molar-refractivity contribution is -0.126. The number of aryl methyl sites for hydroxylation is 2. The summed E-state index contributed by atoms with van der Waals surface area (Å²) in [6.45, 7) is 4.67. The molecule has 3 atom stereocenters. The summed E-state index contributed by atoms with van der Waals surface area (Å²) >= 11 is 0. The summed E-state index contributed by atoms with van der Waals surface area (Å²) in [5.41, 5.74) is 9.20. The molecular weight excluding hydrogens is 268 g/mol. The van der Waals surface area contributed by atoms with Gasteiger partial charge in [0.25, 0.3) is 0 Å². The maximum Gasteiger partial charge on any atom is 0.223 e. The normalized spacial score (nSPS) is 25.8. The number of nitrogens with two attached hydrogens (primary N) is 1. The highest BCUT2D eigenvalue weighted by atomic mass is 16.3. The van der Waals surface area contributed by atoms with Crippen molar-refractivity contribution in [2.24, 2.45) is 11.7 Å². The van der Waals surface area contributed by atoms with Gasteiger partial charge in [-0.1, -0.05) is 0 Å². The monoisotopic (exact) mass is 294 g/mol. The van der Waals surface area contributed by atoms with E-state index in [1.807, 2.05) is 13.8 Å². The Hall–Kier alpha value is -1.40. The van der Waals surface area contributed by atoms with Gasteiger partial charge in [-0.2, -0.15) is 5.10 Å². The van der Waals surface area contributed by atoms with Gasteiger partial charge < -0.3 is 16.2 Å². The Morgan fingerprint density at radius 2 is 2.24 bits per heavy atom. The molecular formula is C15H26N4O2. The van der Waals surface area contributed by atoms with Crippen LogP contribution in [0.15, 0.2) is 0 Å². The largest absolute Gasteiger partial charge is 0.392 e. The molecule has 1 saturated carbocycles. The van der Waals surface area contributed by atoms with Gasteiger partial charge in [-0.3, -0.25) is 9.89 Å². The van der Waals surface area contributed by atoms with E-state index in [2.05, 4.69) is 15.5 Å². The van der Waals surface area contributed by atoms with Crippen molar-refractivity contribution < 1.29 is 9.90 Å². The lowest BCUT2D eigenvalue weighted by Gasteiger charge is -2.30. The zero-order valence-corrected chi connectivity index (χ0v) is 12.9. The summed E-state index contributed by atoms with van der Waals surface area (Å²) < 4.78 is 0. The van der Waals surface area contributed by atoms with Crippen LogP contribution in [0, 0.1) is 19.8 Å². The molecule has 0 saturated heterocycles. The van der Waals surface area contributed by atoms with E-state index in [0.29, 0.717) is 19.4 Å². The van der Waals surface area contributed by atoms with Crippen LogP contribution in [-0.2, 0) is 11.2 Å². The maximum atomic E-state index is 12.1. The number of nitrogens with one attached hydrogen (secondary N) is 2. The van der Waals surface area contributed by atoms with Crippen molar-refractivity contribution in [3.05, 3.63) is 17.0 Å². The Labute approximate surface area is 125 Å². The molecule has 1 aromatic heterocycles. The zero-order valence-electron chi connectivity index (χ0n) is 12.9. The first kappa shape index (κ1) is 16.0. The number of aromatic nitrogens is 2. The molecule has 0 bridgehead atoms. The summed E-state index contributed by atoms with van der Waals surface area (Å²) in [5.74, 6) is 0.0128. The lowest BCUT2D eigenvalue weighted by atomic mass is 9.83. The lowest BCUT2D eigenvalue weighted by Crippen LogP contribution is -2.45. The Morgan fingerprint density at radius 1 is 1.48 bits per heavy atom. The first-order chi connectivity index (χ1) is 9.99. The molecule has 6 nitrogen and oxygen atoms in total. The molecule has 6 heteroatoms. The van der Waals surface area contributed by atoms with E-state index in [9.17, 15) is 9.90 Å². The van der Waals surface area contributed by atoms with Crippen LogP contribution in [-0.4, -0.2) is 39.9 Å². The molecule has 0 unspecified atom stereocenters. The topological polar surface area (TPSA) is 104 Å². The average Bonchev–Trinajstić information content (AvgIpc) is 2.77. The molecule has 0 aromatic carbocycles. The second-order valence-corrected chi connectivity index (χ2v) is 6.05. The first-order valence-corrected chi connectivity index (χ1v) is 7.70. The molecule has 0 radical (unpaired) electrons. The summed E-state index contributed by atoms with van der Waals surface area (Å²) in [4.78, 5) is 12.1. The van der Waals surface area contributed by atoms with Crippen molar-refractivity contribution in [3.8, 4) is 0 Å². The van der Waals surface area contributed by atoms with Crippen LogP contribution in [0.1, 0.15) is 42.6 Å². The number of nitrogens with zero attached hydrogens (tertiary/aromatic N) is 1. The molecule has 1 amide bonds. The SMILES string of the molecule is Cc1n[nH]c(C)c1CCCNC(=O)[C@H]1CC[C@@H](O)[C@H](N)C1. The third-order valence-electron chi connectivity index (χ3n) is 4.42. The average molecular weight is 294 g/mol. The fourth-order valence-electron chi connectivity index (χ4n) is 2.99. The van der Waals surface area contributed by atoms with Gasteiger partial charge in [0.1, 0.15) is 0 Å². The van der Waals surface area contributed by atoms with E-state index < -0.39 is 6.10 Å². The highest BCUT2D eigenvalue weighted by molar-refractivity contribution is 5.78. The van der Waals surface area contributed by atoms with Crippen LogP contribution >= 0.6 is 0 Å². The van der Waals surface area contributed by atoms with Gasteiger partial charge in [0.05, 0.1) is 11.8 Å². The summed E-state index contributed by atoms with van der Waals surface area (Å²) in [6.07, 6.45) is 3.27. The number of aliphatic hydroxyl groups is 1. The Balaban J connectivity index is 1.70. The van der Waals surface area contributed by atoms with Crippen molar-refractivity contribution >= 4 is 5.91 Å². The number of H-pyrrole nitrogens is 1. The number of aromatic amines is 1. The van der Waals surface area contributed by atoms with E-state index in [1.165, 1.54) is 5.56 Å². The smallest absolute Gasteiger partial charge is 0.223 e. The van der Waals surface area contributed by atoms with Crippen molar-refractivity contribution in [2.75, 3.05) is 6.54 Å². The third-order valence-corrected chi connectivity index (χ3v) is 4.42. The second-order valence-electron chi connectivity index (χ2n) is 6.05. The molecule has 1 aliphatic carbocycles. The summed E-state index contributed by atoms with van der Waals surface area (Å²) in [6, 6.07) is -0.272. The Morgan fingerprint density at radius 3 is 2.86 bits per heavy atom. The summed E-state index contributed by atoms with van der Waals surface area (Å²) in [5, 5.41) is 19.7. The van der Waals surface area contributed by atoms with E-state index >= 15 is 0 Å². The first-order valence-electron chi connectivity index (χ1n) is 7.70. The molecule has 118 valence electrons. The number of carbonyl (C=O) groups excluding carboxylic acids is 1. The van der Waals surface area contributed by atoms with Crippen LogP contribution < -0.4 is 11.1 Å². The molecule has 5 N–H and O–H groups in total. The van der Waals surface area contributed by atoms with Crippen molar-refractivity contribution in [3.63, 3.8) is 0 Å². The van der Waals surface area contributed by atoms with E-state index in [4.69, 9.17) is 5.73 Å². The number of aliphatic hydroxyl groups excluding tert-OH is 1. The van der Waals surface area contributed by atoms with Crippen molar-refractivity contribution in [2.45, 2.75) is 58.1 Å². The number of amides is 1. The summed E-state index contributed by atoms with van der Waals surface area (Å²) in [7, 11) is 0. The molecule has 0 spiro atoms. The van der Waals surface area contributed by atoms with Crippen LogP contribution in [0.2, 0.25) is 0 Å². The fourth-order valence-corrected chi connectivity index (χ4v) is 2.99. The molecule has 1 heterocycles. The quantitative estimate of drug-likeness (QED) is 0.596. The fraction of sp³-hybridized carbons (Fsp3) is 0.733. The molecule has 2 rings (SSSR count). The van der Waals surface area contributed by atoms with Gasteiger partial charge in [0.2, 0.25) is 5.91 Å². The molecule has 1 aliphatic rings. The minimum atomic E-state index is -0.457. The standard InChI is InChI=1S/C15H26N4O2/c1-9-12(10(2)19-18-9)4-3-7-17-15(21)11-5-6-14(20)13(16)8-11/h11,13-14,20H,3-8,16H2,1-2H3,(H,17,21)(H,18,19)/t11-,13+,14+/m0/s1. The number of hydrogen-bond donors (Lipinski definition) is 4. The molecule has 0 aliphatic heterocycles. The van der Waals surface area contributed by atoms with E-state index in [0.717, 1.165) is 30.7 Å². The van der Waals surface area contributed by atoms with Crippen molar-refractivity contribution in [1.29, 1.82) is 0 Å². The van der Waals surface area contributed by atoms with Gasteiger partial charge in [0.15, 0.2) is 0 Å². The van der Waals surface area contributed by atoms with Gasteiger partial charge in [-0.15, -0.1) is 0 Å². The van der Waals surface area contributed by atoms with Crippen LogP contribution in [0.25, 0.3) is 0 Å². The maximum absolute atomic E-state index is 12.1. The highest BCUT2D eigenvalue weighted by Gasteiger charge is 2.30. The number of hydrogen-bond acceptors (Lipinski definition) is 4. The van der Waals surface area contributed by atoms with Gasteiger partial charge in [-0.05, 0) is 51.5 Å². The van der Waals surface area contributed by atoms with Crippen molar-refractivity contribution in [1.82, 2.24) is 15.5 Å². The minimum Gasteiger partial charge on any atom is -0.392 e. The molecule has 21 heavy (non-hydrogen) atoms. The van der Waals surface area contributed by atoms with Gasteiger partial charge in [0, 0.05) is 24.2 Å². The predicted molar refractivity (Wildman–Crippen MR) is 80.7 cm³/mol. The zero-order chi connectivity index (χ0) is 15.4. The molecule has 1 aromatic rings. The van der Waals surface area contributed by atoms with Crippen LogP contribution in [0.4, 0.5) is 0 Å². The minimum absolute atomic E-state index is 0.0548. The predicted octanol–water partition coefficient (Wildman–Crippen LogP) is 0.564. The van der Waals surface area contributed by atoms with Crippen LogP contribution in [0.3, 0.4) is 0 Å². The Bertz CT molecular complexity index is 467. The van der Waals surface area contributed by atoms with E-state index in [1.54, 1.807) is 0 Å². The highest BCUT2D eigenvalue weighted by Crippen LogP contribution is 2.23. The second kappa shape index (κ2) is 7.04. The van der Waals surface area contributed by atoms with Crippen LogP contribution in [0.5, 0.6) is 0 Å². The van der Waals surface area contributed by atoms with E-state index in [-0.39, 0.29) is 17.9 Å². The Kier molecular flexibility index (Phi) is 5.36. The number of rotatable bonds is 5. The van der Waals surface area contributed by atoms with Gasteiger partial charge in [-0.25, -0.2) is 0 Å². The van der Waals surface area contributed by atoms with Gasteiger partial charge >= 0.3 is 0 Å². The number of carbonyl (C=O) groups is 1. The third kappa shape index (κ3) is 4.04.